The van der Waals surface area contributed by atoms with Gasteiger partial charge in [-0.25, -0.2) is 17.6 Å². The van der Waals surface area contributed by atoms with Gasteiger partial charge in [0, 0.05) is 36.7 Å². The Morgan fingerprint density at radius 1 is 1.00 bits per heavy atom. The lowest BCUT2D eigenvalue weighted by atomic mass is 9.89. The lowest BCUT2D eigenvalue weighted by Crippen LogP contribution is -2.46. The Kier molecular flexibility index (Phi) is 3.54. The maximum atomic E-state index is 13.9. The fourth-order valence-electron chi connectivity index (χ4n) is 3.59. The van der Waals surface area contributed by atoms with Gasteiger partial charge in [0.25, 0.3) is 11.8 Å². The van der Waals surface area contributed by atoms with Crippen LogP contribution in [0.25, 0.3) is 0 Å². The lowest BCUT2D eigenvalue weighted by molar-refractivity contribution is -0.133. The zero-order valence-electron chi connectivity index (χ0n) is 13.3. The molecule has 0 bridgehead atoms. The van der Waals surface area contributed by atoms with E-state index in [-0.39, 0.29) is 30.6 Å². The van der Waals surface area contributed by atoms with Crippen molar-refractivity contribution in [3.05, 3.63) is 70.3 Å². The van der Waals surface area contributed by atoms with Crippen LogP contribution in [0.1, 0.15) is 27.9 Å². The predicted molar refractivity (Wildman–Crippen MR) is 81.9 cm³/mol. The average Bonchev–Trinajstić information content (AvgIpc) is 3.04. The van der Waals surface area contributed by atoms with E-state index in [4.69, 9.17) is 0 Å². The van der Waals surface area contributed by atoms with Gasteiger partial charge in [-0.2, -0.15) is 0 Å². The topological polar surface area (TPSA) is 49.4 Å². The Balaban J connectivity index is 1.66. The average molecular weight is 364 g/mol. The molecule has 0 aromatic heterocycles. The second-order valence-corrected chi connectivity index (χ2v) is 6.38. The molecule has 4 rings (SSSR count). The van der Waals surface area contributed by atoms with Crippen molar-refractivity contribution in [2.75, 3.05) is 6.54 Å². The molecule has 0 saturated carbocycles. The van der Waals surface area contributed by atoms with Gasteiger partial charge in [0.2, 0.25) is 0 Å². The number of nitrogens with zero attached hydrogens (tertiary/aromatic N) is 1. The number of halogens is 4. The van der Waals surface area contributed by atoms with E-state index in [2.05, 4.69) is 5.32 Å². The minimum atomic E-state index is -1.34. The van der Waals surface area contributed by atoms with Crippen molar-refractivity contribution in [3.63, 3.8) is 0 Å². The summed E-state index contributed by atoms with van der Waals surface area (Å²) in [6.07, 6.45) is 0.210. The van der Waals surface area contributed by atoms with Crippen LogP contribution in [0.5, 0.6) is 0 Å². The molecule has 8 heteroatoms. The Morgan fingerprint density at radius 3 is 2.50 bits per heavy atom. The molecule has 0 radical (unpaired) electrons. The molecule has 1 spiro atoms. The van der Waals surface area contributed by atoms with Crippen molar-refractivity contribution in [2.45, 2.75) is 18.5 Å². The van der Waals surface area contributed by atoms with Crippen LogP contribution >= 0.6 is 0 Å². The number of rotatable bonds is 2. The first-order valence-electron chi connectivity index (χ1n) is 7.87. The first kappa shape index (κ1) is 16.6. The van der Waals surface area contributed by atoms with Crippen molar-refractivity contribution >= 4 is 11.8 Å². The predicted octanol–water partition coefficient (Wildman–Crippen LogP) is 2.61. The van der Waals surface area contributed by atoms with Gasteiger partial charge in [-0.15, -0.1) is 0 Å². The molecular formula is C18H12F4N2O2. The molecule has 4 nitrogen and oxygen atoms in total. The van der Waals surface area contributed by atoms with E-state index in [1.54, 1.807) is 0 Å². The molecule has 1 atom stereocenters. The molecule has 0 aliphatic carbocycles. The Labute approximate surface area is 145 Å². The number of amides is 2. The third-order valence-electron chi connectivity index (χ3n) is 4.87. The summed E-state index contributed by atoms with van der Waals surface area (Å²) in [4.78, 5) is 26.3. The maximum Gasteiger partial charge on any atom is 0.253 e. The van der Waals surface area contributed by atoms with Gasteiger partial charge in [0.05, 0.1) is 0 Å². The van der Waals surface area contributed by atoms with Gasteiger partial charge in [0.1, 0.15) is 17.2 Å². The van der Waals surface area contributed by atoms with Crippen LogP contribution in [0.3, 0.4) is 0 Å². The Hall–Kier alpha value is -2.90. The van der Waals surface area contributed by atoms with Gasteiger partial charge < -0.3 is 10.2 Å². The number of hydrogen-bond donors (Lipinski definition) is 1. The molecule has 1 saturated heterocycles. The summed E-state index contributed by atoms with van der Waals surface area (Å²) in [7, 11) is 0. The SMILES string of the molecule is O=C1N[C@@]2(CCN(Cc3cc(F)c(F)cc3F)C2=O)c2ccc(F)cc21. The van der Waals surface area contributed by atoms with E-state index in [1.807, 2.05) is 0 Å². The van der Waals surface area contributed by atoms with Gasteiger partial charge in [-0.1, -0.05) is 6.07 Å². The van der Waals surface area contributed by atoms with Crippen LogP contribution in [-0.4, -0.2) is 23.3 Å². The van der Waals surface area contributed by atoms with Crippen LogP contribution in [0.2, 0.25) is 0 Å². The van der Waals surface area contributed by atoms with Crippen LogP contribution in [0.4, 0.5) is 17.6 Å². The first-order valence-corrected chi connectivity index (χ1v) is 7.87. The van der Waals surface area contributed by atoms with Crippen LogP contribution < -0.4 is 5.32 Å². The van der Waals surface area contributed by atoms with Crippen molar-refractivity contribution in [2.24, 2.45) is 0 Å². The minimum absolute atomic E-state index is 0.0826. The normalized spacial score (nSPS) is 21.5. The number of fused-ring (bicyclic) bond motifs is 2. The monoisotopic (exact) mass is 364 g/mol. The van der Waals surface area contributed by atoms with E-state index in [0.29, 0.717) is 17.7 Å². The van der Waals surface area contributed by atoms with E-state index in [0.717, 1.165) is 12.1 Å². The largest absolute Gasteiger partial charge is 0.336 e. The molecule has 2 aliphatic heterocycles. The summed E-state index contributed by atoms with van der Waals surface area (Å²) < 4.78 is 53.7. The third-order valence-corrected chi connectivity index (χ3v) is 4.87. The Morgan fingerprint density at radius 2 is 1.73 bits per heavy atom. The zero-order valence-corrected chi connectivity index (χ0v) is 13.3. The molecule has 1 N–H and O–H groups in total. The molecule has 134 valence electrons. The highest BCUT2D eigenvalue weighted by atomic mass is 19.2. The van der Waals surface area contributed by atoms with Crippen LogP contribution in [-0.2, 0) is 16.9 Å². The number of nitrogens with one attached hydrogen (secondary N) is 1. The highest BCUT2D eigenvalue weighted by molar-refractivity contribution is 6.07. The smallest absolute Gasteiger partial charge is 0.253 e. The van der Waals surface area contributed by atoms with Crippen molar-refractivity contribution in [3.8, 4) is 0 Å². The fourth-order valence-corrected chi connectivity index (χ4v) is 3.59. The molecule has 26 heavy (non-hydrogen) atoms. The molecule has 2 aliphatic rings. The summed E-state index contributed by atoms with van der Waals surface area (Å²) in [5.41, 5.74) is -1.06. The standard InChI is InChI=1S/C18H12F4N2O2/c19-10-1-2-12-11(6-10)16(25)23-18(12)3-4-24(17(18)26)8-9-5-14(21)15(22)7-13(9)20/h1-2,5-7H,3-4,8H2,(H,23,25)/t18-/m0/s1. The number of likely N-dealkylation sites (tertiary alicyclic amines) is 1. The number of benzene rings is 2. The maximum absolute atomic E-state index is 13.9. The van der Waals surface area contributed by atoms with E-state index in [9.17, 15) is 27.2 Å². The molecule has 2 aromatic rings. The lowest BCUT2D eigenvalue weighted by Gasteiger charge is -2.24. The molecule has 0 unspecified atom stereocenters. The summed E-state index contributed by atoms with van der Waals surface area (Å²) in [6, 6.07) is 4.73. The third kappa shape index (κ3) is 2.28. The van der Waals surface area contributed by atoms with E-state index >= 15 is 0 Å². The summed E-state index contributed by atoms with van der Waals surface area (Å²) >= 11 is 0. The first-order chi connectivity index (χ1) is 12.3. The van der Waals surface area contributed by atoms with Gasteiger partial charge in [-0.3, -0.25) is 9.59 Å². The molecule has 2 heterocycles. The molecule has 2 amide bonds. The van der Waals surface area contributed by atoms with Gasteiger partial charge in [-0.05, 0) is 23.8 Å². The molecule has 1 fully saturated rings. The fraction of sp³-hybridized carbons (Fsp3) is 0.222. The quantitative estimate of drug-likeness (QED) is 0.658. The van der Waals surface area contributed by atoms with Crippen LogP contribution in [0.15, 0.2) is 30.3 Å². The van der Waals surface area contributed by atoms with Gasteiger partial charge >= 0.3 is 0 Å². The van der Waals surface area contributed by atoms with E-state index < -0.39 is 40.6 Å². The van der Waals surface area contributed by atoms with Crippen molar-refractivity contribution in [1.29, 1.82) is 0 Å². The number of carbonyl (C=O) groups excluding carboxylic acids is 2. The molecule has 2 aromatic carbocycles. The minimum Gasteiger partial charge on any atom is -0.336 e. The van der Waals surface area contributed by atoms with Gasteiger partial charge in [0.15, 0.2) is 11.6 Å². The van der Waals surface area contributed by atoms with Crippen molar-refractivity contribution < 1.29 is 27.2 Å². The highest BCUT2D eigenvalue weighted by Crippen LogP contribution is 2.40. The number of hydrogen-bond acceptors (Lipinski definition) is 2. The zero-order chi connectivity index (χ0) is 18.6. The summed E-state index contributed by atoms with van der Waals surface area (Å²) in [5.74, 6) is -5.14. The van der Waals surface area contributed by atoms with Crippen molar-refractivity contribution in [1.82, 2.24) is 10.2 Å². The summed E-state index contributed by atoms with van der Waals surface area (Å²) in [6.45, 7) is -0.0929. The number of carbonyl (C=O) groups is 2. The summed E-state index contributed by atoms with van der Waals surface area (Å²) in [5, 5.41) is 2.60. The molecular weight excluding hydrogens is 352 g/mol. The highest BCUT2D eigenvalue weighted by Gasteiger charge is 2.54. The second kappa shape index (κ2) is 5.55. The van der Waals surface area contributed by atoms with Crippen LogP contribution in [0, 0.1) is 23.3 Å². The van der Waals surface area contributed by atoms with E-state index in [1.165, 1.54) is 11.0 Å². The Bertz CT molecular complexity index is 962. The second-order valence-electron chi connectivity index (χ2n) is 6.38.